The number of rotatable bonds is 5. The molecular formula is C30H31N7O3. The summed E-state index contributed by atoms with van der Waals surface area (Å²) in [6, 6.07) is 19.8. The fourth-order valence-corrected chi connectivity index (χ4v) is 5.81. The monoisotopic (exact) mass is 537 g/mol. The summed E-state index contributed by atoms with van der Waals surface area (Å²) < 4.78 is 11.2. The molecule has 1 amide bonds. The number of amides is 1. The lowest BCUT2D eigenvalue weighted by Gasteiger charge is -2.42. The number of aromatic nitrogens is 2. The van der Waals surface area contributed by atoms with E-state index in [1.807, 2.05) is 69.3 Å². The van der Waals surface area contributed by atoms with E-state index >= 15 is 0 Å². The van der Waals surface area contributed by atoms with E-state index in [4.69, 9.17) is 15.2 Å². The Kier molecular flexibility index (Phi) is 7.10. The largest absolute Gasteiger partial charge is 0.445 e. The molecular weight excluding hydrogens is 506 g/mol. The van der Waals surface area contributed by atoms with Crippen LogP contribution in [0.25, 0.3) is 0 Å². The molecule has 1 aromatic heterocycles. The van der Waals surface area contributed by atoms with E-state index in [1.54, 1.807) is 4.90 Å². The molecule has 3 aromatic rings. The van der Waals surface area contributed by atoms with Gasteiger partial charge in [-0.3, -0.25) is 5.10 Å². The van der Waals surface area contributed by atoms with Gasteiger partial charge in [0, 0.05) is 37.6 Å². The summed E-state index contributed by atoms with van der Waals surface area (Å²) in [6.07, 6.45) is -0.349. The number of aryl methyl sites for hydroxylation is 1. The van der Waals surface area contributed by atoms with E-state index in [1.165, 1.54) is 0 Å². The number of nitriles is 2. The number of ether oxygens (including phenoxy) is 2. The van der Waals surface area contributed by atoms with Crippen LogP contribution in [-0.2, 0) is 16.8 Å². The highest BCUT2D eigenvalue weighted by Crippen LogP contribution is 2.53. The number of allylic oxidation sites excluding steroid dienone is 1. The summed E-state index contributed by atoms with van der Waals surface area (Å²) in [5.41, 5.74) is 10.1. The van der Waals surface area contributed by atoms with Gasteiger partial charge in [0.1, 0.15) is 18.2 Å². The highest BCUT2D eigenvalue weighted by atomic mass is 16.6. The first-order valence-electron chi connectivity index (χ1n) is 13.2. The normalized spacial score (nSPS) is 18.6. The molecule has 2 aromatic carbocycles. The predicted molar refractivity (Wildman–Crippen MR) is 148 cm³/mol. The van der Waals surface area contributed by atoms with Gasteiger partial charge in [0.15, 0.2) is 0 Å². The SMILES string of the molecule is Cc1[nH]nc2c1C(c1cc(C#N)cc(N3CCN(C(=O)OCc4ccccc4)CC3)c1)(C(C)C)C(C#N)=C(N)O2. The van der Waals surface area contributed by atoms with Crippen LogP contribution in [-0.4, -0.2) is 47.4 Å². The molecule has 0 bridgehead atoms. The van der Waals surface area contributed by atoms with E-state index in [0.717, 1.165) is 28.1 Å². The summed E-state index contributed by atoms with van der Waals surface area (Å²) in [5.74, 6) is 0.202. The van der Waals surface area contributed by atoms with E-state index < -0.39 is 5.41 Å². The molecule has 1 saturated heterocycles. The van der Waals surface area contributed by atoms with Crippen LogP contribution in [0.2, 0.25) is 0 Å². The average Bonchev–Trinajstić information content (AvgIpc) is 3.35. The summed E-state index contributed by atoms with van der Waals surface area (Å²) in [6.45, 7) is 8.22. The minimum Gasteiger partial charge on any atom is -0.445 e. The van der Waals surface area contributed by atoms with E-state index in [-0.39, 0.29) is 30.1 Å². The molecule has 0 saturated carbocycles. The molecule has 10 nitrogen and oxygen atoms in total. The molecule has 1 atom stereocenters. The minimum absolute atomic E-state index is 0.00161. The lowest BCUT2D eigenvalue weighted by atomic mass is 9.61. The minimum atomic E-state index is -0.978. The lowest BCUT2D eigenvalue weighted by Crippen LogP contribution is -2.49. The Labute approximate surface area is 233 Å². The number of hydrogen-bond donors (Lipinski definition) is 2. The van der Waals surface area contributed by atoms with Crippen molar-refractivity contribution in [3.05, 3.63) is 87.9 Å². The zero-order valence-electron chi connectivity index (χ0n) is 22.8. The first kappa shape index (κ1) is 26.6. The number of H-pyrrole nitrogens is 1. The van der Waals surface area contributed by atoms with Gasteiger partial charge in [-0.05, 0) is 42.2 Å². The number of carbonyl (C=O) groups excluding carboxylic acids is 1. The number of fused-ring (bicyclic) bond motifs is 1. The van der Waals surface area contributed by atoms with Gasteiger partial charge in [0.05, 0.1) is 22.6 Å². The number of benzene rings is 2. The second-order valence-corrected chi connectivity index (χ2v) is 10.3. The van der Waals surface area contributed by atoms with Crippen LogP contribution in [0.5, 0.6) is 5.88 Å². The number of carbonyl (C=O) groups is 1. The highest BCUT2D eigenvalue weighted by Gasteiger charge is 2.51. The van der Waals surface area contributed by atoms with Gasteiger partial charge in [0.25, 0.3) is 0 Å². The van der Waals surface area contributed by atoms with Crippen molar-refractivity contribution in [3.8, 4) is 18.0 Å². The van der Waals surface area contributed by atoms with Crippen molar-refractivity contribution in [2.75, 3.05) is 31.1 Å². The lowest BCUT2D eigenvalue weighted by molar-refractivity contribution is 0.0942. The Hall–Kier alpha value is -4.96. The fourth-order valence-electron chi connectivity index (χ4n) is 5.81. The number of piperazine rings is 1. The predicted octanol–water partition coefficient (Wildman–Crippen LogP) is 4.08. The van der Waals surface area contributed by atoms with Crippen LogP contribution in [0.4, 0.5) is 10.5 Å². The molecule has 10 heteroatoms. The molecule has 2 aliphatic rings. The molecule has 5 rings (SSSR count). The Morgan fingerprint density at radius 3 is 2.52 bits per heavy atom. The number of nitrogens with one attached hydrogen (secondary N) is 1. The second kappa shape index (κ2) is 10.7. The molecule has 3 N–H and O–H groups in total. The number of nitrogens with zero attached hydrogens (tertiary/aromatic N) is 5. The summed E-state index contributed by atoms with van der Waals surface area (Å²) >= 11 is 0. The zero-order valence-corrected chi connectivity index (χ0v) is 22.8. The summed E-state index contributed by atoms with van der Waals surface area (Å²) in [5, 5.41) is 27.5. The maximum Gasteiger partial charge on any atom is 0.410 e. The molecule has 2 aliphatic heterocycles. The fraction of sp³-hybridized carbons (Fsp3) is 0.333. The third-order valence-corrected chi connectivity index (χ3v) is 7.74. The Bertz CT molecular complexity index is 1540. The van der Waals surface area contributed by atoms with Crippen molar-refractivity contribution in [1.29, 1.82) is 10.5 Å². The van der Waals surface area contributed by atoms with Crippen LogP contribution >= 0.6 is 0 Å². The topological polar surface area (TPSA) is 144 Å². The average molecular weight is 538 g/mol. The smallest absolute Gasteiger partial charge is 0.410 e. The summed E-state index contributed by atoms with van der Waals surface area (Å²) in [7, 11) is 0. The number of aromatic amines is 1. The van der Waals surface area contributed by atoms with Crippen molar-refractivity contribution in [1.82, 2.24) is 15.1 Å². The van der Waals surface area contributed by atoms with Gasteiger partial charge in [-0.25, -0.2) is 4.79 Å². The van der Waals surface area contributed by atoms with Gasteiger partial charge < -0.3 is 25.0 Å². The van der Waals surface area contributed by atoms with Crippen molar-refractivity contribution in [2.45, 2.75) is 32.8 Å². The molecule has 1 fully saturated rings. The second-order valence-electron chi connectivity index (χ2n) is 10.3. The molecule has 3 heterocycles. The highest BCUT2D eigenvalue weighted by molar-refractivity contribution is 5.69. The molecule has 40 heavy (non-hydrogen) atoms. The molecule has 0 radical (unpaired) electrons. The molecule has 0 spiro atoms. The zero-order chi connectivity index (χ0) is 28.4. The number of nitrogens with two attached hydrogens (primary N) is 1. The van der Waals surface area contributed by atoms with Crippen molar-refractivity contribution in [3.63, 3.8) is 0 Å². The van der Waals surface area contributed by atoms with E-state index in [0.29, 0.717) is 37.6 Å². The number of hydrogen-bond acceptors (Lipinski definition) is 8. The van der Waals surface area contributed by atoms with Crippen LogP contribution in [0, 0.1) is 35.5 Å². The van der Waals surface area contributed by atoms with Gasteiger partial charge in [-0.1, -0.05) is 44.2 Å². The third-order valence-electron chi connectivity index (χ3n) is 7.74. The Morgan fingerprint density at radius 1 is 1.15 bits per heavy atom. The van der Waals surface area contributed by atoms with Crippen LogP contribution in [0.3, 0.4) is 0 Å². The van der Waals surface area contributed by atoms with Crippen LogP contribution < -0.4 is 15.4 Å². The van der Waals surface area contributed by atoms with Gasteiger partial charge >= 0.3 is 6.09 Å². The molecule has 1 unspecified atom stereocenters. The van der Waals surface area contributed by atoms with Crippen molar-refractivity contribution < 1.29 is 14.3 Å². The molecule has 204 valence electrons. The van der Waals surface area contributed by atoms with Gasteiger partial charge in [-0.2, -0.15) is 10.5 Å². The Morgan fingerprint density at radius 2 is 1.88 bits per heavy atom. The maximum absolute atomic E-state index is 12.7. The third kappa shape index (κ3) is 4.48. The standard InChI is InChI=1S/C30H31N7O3/c1-19(2)30(25(17-32)27(33)40-28-26(30)20(3)34-35-28)23-13-22(16-31)14-24(15-23)36-9-11-37(12-10-36)29(38)39-18-21-7-5-4-6-8-21/h4-8,13-15,19H,9-12,18,33H2,1-3H3,(H,34,35). The van der Waals surface area contributed by atoms with E-state index in [9.17, 15) is 15.3 Å². The first-order chi connectivity index (χ1) is 19.3. The van der Waals surface area contributed by atoms with E-state index in [2.05, 4.69) is 27.2 Å². The van der Waals surface area contributed by atoms with Crippen molar-refractivity contribution in [2.24, 2.45) is 11.7 Å². The van der Waals surface area contributed by atoms with Crippen LogP contribution in [0.1, 0.15) is 41.8 Å². The van der Waals surface area contributed by atoms with Gasteiger partial charge in [-0.15, -0.1) is 5.10 Å². The van der Waals surface area contributed by atoms with Crippen molar-refractivity contribution >= 4 is 11.8 Å². The quantitative estimate of drug-likeness (QED) is 0.495. The first-order valence-corrected chi connectivity index (χ1v) is 13.2. The molecule has 0 aliphatic carbocycles. The summed E-state index contributed by atoms with van der Waals surface area (Å²) in [4.78, 5) is 16.5. The Balaban J connectivity index is 1.45. The number of anilines is 1. The van der Waals surface area contributed by atoms with Crippen LogP contribution in [0.15, 0.2) is 60.0 Å². The maximum atomic E-state index is 12.7. The van der Waals surface area contributed by atoms with Gasteiger partial charge in [0.2, 0.25) is 11.8 Å².